The van der Waals surface area contributed by atoms with Gasteiger partial charge in [0.05, 0.1) is 6.10 Å². The van der Waals surface area contributed by atoms with Crippen LogP contribution in [-0.2, 0) is 0 Å². The summed E-state index contributed by atoms with van der Waals surface area (Å²) < 4.78 is 2.08. The molecule has 0 aliphatic carbocycles. The Kier molecular flexibility index (Phi) is 8.40. The average molecular weight is 576 g/mol. The number of nitrogens with zero attached hydrogens (tertiary/aromatic N) is 7. The van der Waals surface area contributed by atoms with Crippen LogP contribution in [0.4, 0.5) is 11.5 Å². The van der Waals surface area contributed by atoms with Crippen LogP contribution < -0.4 is 9.80 Å². The van der Waals surface area contributed by atoms with Crippen molar-refractivity contribution in [3.05, 3.63) is 96.3 Å². The second kappa shape index (κ2) is 12.5. The Hall–Kier alpha value is -4.27. The number of hydrogen-bond acceptors (Lipinski definition) is 7. The number of likely N-dealkylation sites (N-methyl/N-ethyl adjacent to an activating group) is 1. The van der Waals surface area contributed by atoms with E-state index in [0.717, 1.165) is 54.4 Å². The molecule has 0 amide bonds. The topological polar surface area (TPSA) is 73.6 Å². The first-order valence-electron chi connectivity index (χ1n) is 15.2. The van der Waals surface area contributed by atoms with E-state index in [1.807, 2.05) is 48.3 Å². The lowest BCUT2D eigenvalue weighted by atomic mass is 10.1. The summed E-state index contributed by atoms with van der Waals surface area (Å²) in [4.78, 5) is 21.4. The van der Waals surface area contributed by atoms with Gasteiger partial charge in [-0.3, -0.25) is 9.47 Å². The van der Waals surface area contributed by atoms with E-state index in [2.05, 4.69) is 87.6 Å². The lowest BCUT2D eigenvalue weighted by Crippen LogP contribution is -2.52. The summed E-state index contributed by atoms with van der Waals surface area (Å²) in [7, 11) is 1.97. The number of fused-ring (bicyclic) bond motifs is 1. The number of hydrogen-bond donors (Lipinski definition) is 1. The van der Waals surface area contributed by atoms with Crippen molar-refractivity contribution in [1.29, 1.82) is 0 Å². The predicted molar refractivity (Wildman–Crippen MR) is 175 cm³/mol. The van der Waals surface area contributed by atoms with Crippen LogP contribution >= 0.6 is 0 Å². The Morgan fingerprint density at radius 2 is 1.67 bits per heavy atom. The number of aliphatic hydroxyl groups excluding tert-OH is 1. The summed E-state index contributed by atoms with van der Waals surface area (Å²) in [6.45, 7) is 11.0. The molecule has 0 bridgehead atoms. The summed E-state index contributed by atoms with van der Waals surface area (Å²) in [6, 6.07) is 27.3. The van der Waals surface area contributed by atoms with Crippen molar-refractivity contribution in [3.63, 3.8) is 0 Å². The highest BCUT2D eigenvalue weighted by Gasteiger charge is 2.26. The van der Waals surface area contributed by atoms with Crippen molar-refractivity contribution in [2.75, 3.05) is 49.6 Å². The molecule has 2 aromatic heterocycles. The minimum Gasteiger partial charge on any atom is -0.391 e. The Morgan fingerprint density at radius 1 is 0.930 bits per heavy atom. The smallest absolute Gasteiger partial charge is 0.170 e. The second-order valence-electron chi connectivity index (χ2n) is 11.7. The molecular formula is C35H41N7O. The van der Waals surface area contributed by atoms with Gasteiger partial charge < -0.3 is 14.9 Å². The third kappa shape index (κ3) is 5.98. The molecule has 1 aliphatic rings. The number of piperazine rings is 1. The molecule has 0 radical (unpaired) electrons. The Morgan fingerprint density at radius 3 is 2.42 bits per heavy atom. The van der Waals surface area contributed by atoms with Gasteiger partial charge in [-0.05, 0) is 56.5 Å². The highest BCUT2D eigenvalue weighted by Crippen LogP contribution is 2.31. The van der Waals surface area contributed by atoms with Crippen LogP contribution in [0.25, 0.3) is 28.2 Å². The fraction of sp³-hybridized carbons (Fsp3) is 0.343. The van der Waals surface area contributed by atoms with Gasteiger partial charge in [0.2, 0.25) is 0 Å². The Bertz CT molecular complexity index is 1670. The first-order valence-corrected chi connectivity index (χ1v) is 15.2. The van der Waals surface area contributed by atoms with Crippen LogP contribution in [0.5, 0.6) is 0 Å². The molecule has 1 unspecified atom stereocenters. The number of benzene rings is 3. The first-order chi connectivity index (χ1) is 20.9. The standard InChI is InChI=1S/C35H41N7O/c1-25-12-11-17-31(27(25)3)41-21-20-40(26(2)22-41)19-18-30(43)23-39(4)34-32-35(37-24-36-34)42(29-15-9-6-10-16-29)33(38-32)28-13-7-5-8-14-28/h5-17,24,26,30,43H,18-23H2,1-4H3/t26-,30?/m0/s1. The zero-order valence-corrected chi connectivity index (χ0v) is 25.6. The fourth-order valence-corrected chi connectivity index (χ4v) is 6.20. The summed E-state index contributed by atoms with van der Waals surface area (Å²) in [5.74, 6) is 1.53. The Balaban J connectivity index is 1.15. The van der Waals surface area contributed by atoms with Crippen molar-refractivity contribution in [3.8, 4) is 17.1 Å². The number of para-hydroxylation sites is 1. The molecule has 2 atom stereocenters. The van der Waals surface area contributed by atoms with E-state index in [1.54, 1.807) is 6.33 Å². The van der Waals surface area contributed by atoms with E-state index in [-0.39, 0.29) is 0 Å². The highest BCUT2D eigenvalue weighted by molar-refractivity contribution is 5.88. The molecule has 222 valence electrons. The van der Waals surface area contributed by atoms with E-state index in [4.69, 9.17) is 4.98 Å². The number of aliphatic hydroxyl groups is 1. The SMILES string of the molecule is Cc1cccc(N2CCN(CCC(O)CN(C)c3ncnc4c3nc(-c3ccccc3)n4-c3ccccc3)[C@@H](C)C2)c1C. The number of anilines is 2. The number of aromatic nitrogens is 4. The number of imidazole rings is 1. The van der Waals surface area contributed by atoms with Gasteiger partial charge in [0.1, 0.15) is 12.2 Å². The van der Waals surface area contributed by atoms with E-state index in [9.17, 15) is 5.11 Å². The normalized spacial score (nSPS) is 16.5. The van der Waals surface area contributed by atoms with Crippen molar-refractivity contribution in [2.24, 2.45) is 0 Å². The van der Waals surface area contributed by atoms with E-state index in [1.165, 1.54) is 16.8 Å². The van der Waals surface area contributed by atoms with Crippen LogP contribution in [0.15, 0.2) is 85.2 Å². The molecule has 1 aliphatic heterocycles. The molecule has 3 heterocycles. The van der Waals surface area contributed by atoms with Gasteiger partial charge in [-0.1, -0.05) is 60.7 Å². The van der Waals surface area contributed by atoms with Crippen LogP contribution in [0.2, 0.25) is 0 Å². The zero-order valence-electron chi connectivity index (χ0n) is 25.6. The van der Waals surface area contributed by atoms with E-state index < -0.39 is 6.10 Å². The molecule has 8 nitrogen and oxygen atoms in total. The maximum Gasteiger partial charge on any atom is 0.170 e. The van der Waals surface area contributed by atoms with Crippen LogP contribution in [0.3, 0.4) is 0 Å². The quantitative estimate of drug-likeness (QED) is 0.249. The van der Waals surface area contributed by atoms with Crippen LogP contribution in [0, 0.1) is 13.8 Å². The minimum absolute atomic E-state index is 0.415. The maximum absolute atomic E-state index is 11.1. The third-order valence-corrected chi connectivity index (χ3v) is 8.75. The van der Waals surface area contributed by atoms with Crippen molar-refractivity contribution in [2.45, 2.75) is 39.3 Å². The lowest BCUT2D eigenvalue weighted by molar-refractivity contribution is 0.124. The predicted octanol–water partition coefficient (Wildman–Crippen LogP) is 5.50. The monoisotopic (exact) mass is 575 g/mol. The molecular weight excluding hydrogens is 534 g/mol. The average Bonchev–Trinajstić information content (AvgIpc) is 3.42. The summed E-state index contributed by atoms with van der Waals surface area (Å²) >= 11 is 0. The molecule has 0 saturated carbocycles. The van der Waals surface area contributed by atoms with Gasteiger partial charge in [0.15, 0.2) is 17.0 Å². The highest BCUT2D eigenvalue weighted by atomic mass is 16.3. The van der Waals surface area contributed by atoms with Gasteiger partial charge in [0, 0.05) is 62.8 Å². The molecule has 1 saturated heterocycles. The molecule has 1 fully saturated rings. The summed E-state index contributed by atoms with van der Waals surface area (Å²) in [5.41, 5.74) is 7.50. The van der Waals surface area contributed by atoms with E-state index >= 15 is 0 Å². The van der Waals surface area contributed by atoms with Gasteiger partial charge in [-0.25, -0.2) is 15.0 Å². The first kappa shape index (κ1) is 28.8. The van der Waals surface area contributed by atoms with E-state index in [0.29, 0.717) is 24.8 Å². The molecule has 6 rings (SSSR count). The fourth-order valence-electron chi connectivity index (χ4n) is 6.20. The third-order valence-electron chi connectivity index (χ3n) is 8.75. The molecule has 5 aromatic rings. The largest absolute Gasteiger partial charge is 0.391 e. The lowest BCUT2D eigenvalue weighted by Gasteiger charge is -2.42. The van der Waals surface area contributed by atoms with Crippen molar-refractivity contribution < 1.29 is 5.11 Å². The van der Waals surface area contributed by atoms with Gasteiger partial charge >= 0.3 is 0 Å². The Labute approximate surface area is 254 Å². The molecule has 43 heavy (non-hydrogen) atoms. The number of aryl methyl sites for hydroxylation is 1. The summed E-state index contributed by atoms with van der Waals surface area (Å²) in [5, 5.41) is 11.1. The molecule has 8 heteroatoms. The summed E-state index contributed by atoms with van der Waals surface area (Å²) in [6.07, 6.45) is 1.79. The van der Waals surface area contributed by atoms with Crippen LogP contribution in [0.1, 0.15) is 24.5 Å². The maximum atomic E-state index is 11.1. The van der Waals surface area contributed by atoms with Crippen molar-refractivity contribution >= 4 is 22.7 Å². The van der Waals surface area contributed by atoms with Gasteiger partial charge in [0.25, 0.3) is 0 Å². The molecule has 1 N–H and O–H groups in total. The zero-order chi connectivity index (χ0) is 29.9. The molecule has 0 spiro atoms. The van der Waals surface area contributed by atoms with Crippen molar-refractivity contribution in [1.82, 2.24) is 24.4 Å². The van der Waals surface area contributed by atoms with Crippen LogP contribution in [-0.4, -0.2) is 81.4 Å². The minimum atomic E-state index is -0.496. The molecule has 3 aromatic carbocycles. The van der Waals surface area contributed by atoms with Gasteiger partial charge in [-0.15, -0.1) is 0 Å². The van der Waals surface area contributed by atoms with Gasteiger partial charge in [-0.2, -0.15) is 0 Å². The number of rotatable bonds is 9. The second-order valence-corrected chi connectivity index (χ2v) is 11.7.